The summed E-state index contributed by atoms with van der Waals surface area (Å²) in [7, 11) is -3.58. The van der Waals surface area contributed by atoms with Gasteiger partial charge in [0.25, 0.3) is 0 Å². The number of carbonyl (C=O) groups is 1. The van der Waals surface area contributed by atoms with Crippen LogP contribution in [-0.4, -0.2) is 47.5 Å². The number of aryl methyl sites for hydroxylation is 2. The van der Waals surface area contributed by atoms with Crippen LogP contribution >= 0.6 is 0 Å². The first-order chi connectivity index (χ1) is 14.9. The molecule has 0 bridgehead atoms. The molecule has 1 aromatic heterocycles. The van der Waals surface area contributed by atoms with E-state index in [-0.39, 0.29) is 10.8 Å². The summed E-state index contributed by atoms with van der Waals surface area (Å²) in [5.74, 6) is 0.970. The topological polar surface area (TPSA) is 96.3 Å². The Morgan fingerprint density at radius 3 is 2.61 bits per heavy atom. The van der Waals surface area contributed by atoms with Crippen molar-refractivity contribution in [1.29, 1.82) is 0 Å². The van der Waals surface area contributed by atoms with Crippen LogP contribution in [0.4, 0.5) is 5.69 Å². The minimum Gasteiger partial charge on any atom is -0.365 e. The van der Waals surface area contributed by atoms with Crippen LogP contribution in [-0.2, 0) is 21.4 Å². The average molecular weight is 440 g/mol. The number of likely N-dealkylation sites (tertiary alicyclic amines) is 1. The molecule has 5 rings (SSSR count). The number of nitrogens with zero attached hydrogens (tertiary/aromatic N) is 3. The molecule has 0 unspecified atom stereocenters. The number of piperidine rings is 1. The number of rotatable bonds is 3. The molecule has 2 aliphatic heterocycles. The molecule has 9 heteroatoms. The lowest BCUT2D eigenvalue weighted by Gasteiger charge is -2.45. The number of benzene rings is 2. The van der Waals surface area contributed by atoms with Crippen LogP contribution in [0.5, 0.6) is 0 Å². The lowest BCUT2D eigenvalue weighted by atomic mass is 9.96. The predicted molar refractivity (Wildman–Crippen MR) is 118 cm³/mol. The van der Waals surface area contributed by atoms with Gasteiger partial charge in [-0.1, -0.05) is 24.3 Å². The van der Waals surface area contributed by atoms with Gasteiger partial charge in [0.15, 0.2) is 0 Å². The highest BCUT2D eigenvalue weighted by Gasteiger charge is 2.43. The Morgan fingerprint density at radius 1 is 1.10 bits per heavy atom. The zero-order valence-corrected chi connectivity index (χ0v) is 18.2. The van der Waals surface area contributed by atoms with Crippen LogP contribution in [0.1, 0.15) is 25.1 Å². The molecule has 2 N–H and O–H groups in total. The third-order valence-corrected chi connectivity index (χ3v) is 7.84. The second-order valence-corrected chi connectivity index (χ2v) is 9.89. The number of fused-ring (bicyclic) bond motifs is 2. The summed E-state index contributed by atoms with van der Waals surface area (Å²) in [5, 5.41) is 3.37. The van der Waals surface area contributed by atoms with Gasteiger partial charge < -0.3 is 14.8 Å². The molecule has 1 amide bonds. The maximum absolute atomic E-state index is 12.9. The van der Waals surface area contributed by atoms with Gasteiger partial charge in [-0.3, -0.25) is 4.79 Å². The largest absolute Gasteiger partial charge is 0.365 e. The molecular weight excluding hydrogens is 414 g/mol. The lowest BCUT2D eigenvalue weighted by Crippen LogP contribution is -2.62. The number of hydrogen-bond donors (Lipinski definition) is 2. The van der Waals surface area contributed by atoms with Gasteiger partial charge in [-0.25, -0.2) is 13.4 Å². The Bertz CT molecular complexity index is 1260. The minimum absolute atomic E-state index is 0.0751. The van der Waals surface area contributed by atoms with E-state index in [2.05, 4.69) is 19.6 Å². The van der Waals surface area contributed by atoms with E-state index in [0.717, 1.165) is 16.9 Å². The number of aromatic nitrogens is 2. The molecule has 31 heavy (non-hydrogen) atoms. The van der Waals surface area contributed by atoms with Gasteiger partial charge >= 0.3 is 0 Å². The van der Waals surface area contributed by atoms with Gasteiger partial charge in [0.1, 0.15) is 16.4 Å². The van der Waals surface area contributed by atoms with Gasteiger partial charge in [-0.2, -0.15) is 4.72 Å². The second kappa shape index (κ2) is 7.35. The first-order valence-corrected chi connectivity index (χ1v) is 12.0. The van der Waals surface area contributed by atoms with Crippen molar-refractivity contribution in [3.63, 3.8) is 0 Å². The lowest BCUT2D eigenvalue weighted by molar-refractivity contribution is -0.132. The van der Waals surface area contributed by atoms with E-state index >= 15 is 0 Å². The van der Waals surface area contributed by atoms with Crippen molar-refractivity contribution in [2.45, 2.75) is 43.3 Å². The van der Waals surface area contributed by atoms with Crippen LogP contribution in [0, 0.1) is 6.92 Å². The Morgan fingerprint density at radius 2 is 1.81 bits per heavy atom. The molecule has 0 atom stereocenters. The van der Waals surface area contributed by atoms with Crippen molar-refractivity contribution in [2.75, 3.05) is 18.4 Å². The molecule has 3 heterocycles. The number of amides is 1. The third-order valence-electron chi connectivity index (χ3n) is 6.24. The molecule has 1 fully saturated rings. The normalized spacial score (nSPS) is 19.2. The quantitative estimate of drug-likeness (QED) is 0.654. The van der Waals surface area contributed by atoms with Gasteiger partial charge in [-0.15, -0.1) is 0 Å². The number of anilines is 1. The highest BCUT2D eigenvalue weighted by Crippen LogP contribution is 2.34. The minimum atomic E-state index is -3.58. The van der Waals surface area contributed by atoms with Crippen LogP contribution < -0.4 is 10.0 Å². The Balaban J connectivity index is 1.25. The maximum atomic E-state index is 12.9. The van der Waals surface area contributed by atoms with Gasteiger partial charge in [0.2, 0.25) is 15.9 Å². The van der Waals surface area contributed by atoms with Crippen LogP contribution in [0.3, 0.4) is 0 Å². The zero-order chi connectivity index (χ0) is 21.6. The fourth-order valence-corrected chi connectivity index (χ4v) is 6.15. The molecule has 2 aromatic carbocycles. The number of para-hydroxylation sites is 3. The highest BCUT2D eigenvalue weighted by atomic mass is 32.2. The van der Waals surface area contributed by atoms with Gasteiger partial charge in [0.05, 0.1) is 16.7 Å². The summed E-state index contributed by atoms with van der Waals surface area (Å²) in [6.07, 6.45) is 1.41. The highest BCUT2D eigenvalue weighted by molar-refractivity contribution is 7.89. The fraction of sp³-hybridized carbons (Fsp3) is 0.364. The van der Waals surface area contributed by atoms with E-state index < -0.39 is 15.7 Å². The molecule has 2 aliphatic rings. The van der Waals surface area contributed by atoms with Crippen LogP contribution in [0.2, 0.25) is 0 Å². The molecule has 0 saturated carbocycles. The average Bonchev–Trinajstić information content (AvgIpc) is 3.07. The van der Waals surface area contributed by atoms with Gasteiger partial charge in [-0.05, 0) is 31.2 Å². The SMILES string of the molecule is Cc1nc2ccccc2n1CCC(=O)N1CCC2(CC1)Nc1ccccc1S(=O)(=O)N2. The third kappa shape index (κ3) is 3.57. The number of sulfonamides is 1. The number of carbonyl (C=O) groups excluding carboxylic acids is 1. The zero-order valence-electron chi connectivity index (χ0n) is 17.3. The van der Waals surface area contributed by atoms with E-state index in [9.17, 15) is 13.2 Å². The van der Waals surface area contributed by atoms with Crippen molar-refractivity contribution < 1.29 is 13.2 Å². The van der Waals surface area contributed by atoms with Crippen molar-refractivity contribution in [1.82, 2.24) is 19.2 Å². The van der Waals surface area contributed by atoms with Crippen molar-refractivity contribution >= 4 is 32.7 Å². The molecule has 0 radical (unpaired) electrons. The predicted octanol–water partition coefficient (Wildman–Crippen LogP) is 2.46. The van der Waals surface area contributed by atoms with Crippen molar-refractivity contribution in [2.24, 2.45) is 0 Å². The van der Waals surface area contributed by atoms with E-state index in [1.807, 2.05) is 42.2 Å². The molecule has 3 aromatic rings. The summed E-state index contributed by atoms with van der Waals surface area (Å²) < 4.78 is 30.3. The van der Waals surface area contributed by atoms with E-state index in [0.29, 0.717) is 44.6 Å². The summed E-state index contributed by atoms with van der Waals surface area (Å²) in [4.78, 5) is 19.5. The summed E-state index contributed by atoms with van der Waals surface area (Å²) in [6, 6.07) is 14.8. The monoisotopic (exact) mass is 439 g/mol. The van der Waals surface area contributed by atoms with Gasteiger partial charge in [0, 0.05) is 38.9 Å². The Labute approximate surface area is 181 Å². The first-order valence-electron chi connectivity index (χ1n) is 10.5. The summed E-state index contributed by atoms with van der Waals surface area (Å²) in [5.41, 5.74) is 1.83. The second-order valence-electron chi connectivity index (χ2n) is 8.24. The molecular formula is C22H25N5O3S. The number of hydrogen-bond acceptors (Lipinski definition) is 5. The van der Waals surface area contributed by atoms with Crippen molar-refractivity contribution in [3.8, 4) is 0 Å². The first kappa shape index (κ1) is 20.0. The summed E-state index contributed by atoms with van der Waals surface area (Å²) >= 11 is 0. The molecule has 1 saturated heterocycles. The standard InChI is InChI=1S/C22H25N5O3S/c1-16-23-17-6-2-4-8-19(17)27(16)13-10-21(28)26-14-11-22(12-15-26)24-18-7-3-5-9-20(18)31(29,30)25-22/h2-9,24-25H,10-15H2,1H3. The maximum Gasteiger partial charge on any atom is 0.244 e. The molecule has 1 spiro atoms. The van der Waals surface area contributed by atoms with E-state index in [1.54, 1.807) is 18.2 Å². The number of nitrogens with one attached hydrogen (secondary N) is 2. The molecule has 8 nitrogen and oxygen atoms in total. The van der Waals surface area contributed by atoms with Crippen LogP contribution in [0.15, 0.2) is 53.4 Å². The Hall–Kier alpha value is -2.91. The molecule has 162 valence electrons. The van der Waals surface area contributed by atoms with E-state index in [1.165, 1.54) is 0 Å². The molecule has 0 aliphatic carbocycles. The van der Waals surface area contributed by atoms with Crippen molar-refractivity contribution in [3.05, 3.63) is 54.4 Å². The number of imidazole rings is 1. The Kier molecular flexibility index (Phi) is 4.75. The van der Waals surface area contributed by atoms with E-state index in [4.69, 9.17) is 0 Å². The fourth-order valence-electron chi connectivity index (χ4n) is 4.61. The van der Waals surface area contributed by atoms with Crippen LogP contribution in [0.25, 0.3) is 11.0 Å². The summed E-state index contributed by atoms with van der Waals surface area (Å²) in [6.45, 7) is 3.53. The smallest absolute Gasteiger partial charge is 0.244 e.